The molecule has 0 fully saturated rings. The largest absolute Gasteiger partial charge is 0.491 e. The summed E-state index contributed by atoms with van der Waals surface area (Å²) in [4.78, 5) is 11.8. The zero-order chi connectivity index (χ0) is 12.7. The van der Waals surface area contributed by atoms with Crippen molar-refractivity contribution in [2.24, 2.45) is 0 Å². The highest BCUT2D eigenvalue weighted by molar-refractivity contribution is 5.96. The summed E-state index contributed by atoms with van der Waals surface area (Å²) < 4.78 is 5.55. The van der Waals surface area contributed by atoms with Gasteiger partial charge in [0.25, 0.3) is 0 Å². The van der Waals surface area contributed by atoms with Crippen molar-refractivity contribution in [3.63, 3.8) is 0 Å². The maximum atomic E-state index is 11.8. The Hall–Kier alpha value is -1.75. The number of rotatable bonds is 5. The van der Waals surface area contributed by atoms with Gasteiger partial charge in [-0.2, -0.15) is 0 Å². The van der Waals surface area contributed by atoms with E-state index in [4.69, 9.17) is 4.74 Å². The van der Waals surface area contributed by atoms with Crippen LogP contribution in [0, 0.1) is 11.8 Å². The molecule has 0 aliphatic heterocycles. The van der Waals surface area contributed by atoms with E-state index < -0.39 is 0 Å². The second-order valence-electron chi connectivity index (χ2n) is 4.04. The molecule has 0 saturated heterocycles. The molecule has 0 N–H and O–H groups in total. The van der Waals surface area contributed by atoms with Gasteiger partial charge in [0, 0.05) is 18.4 Å². The lowest BCUT2D eigenvalue weighted by Crippen LogP contribution is -2.06. The minimum atomic E-state index is 0.113. The van der Waals surface area contributed by atoms with E-state index in [1.54, 1.807) is 13.0 Å². The molecule has 1 aromatic rings. The number of carbonyl (C=O) groups is 1. The van der Waals surface area contributed by atoms with Crippen LogP contribution in [0.15, 0.2) is 24.3 Å². The van der Waals surface area contributed by atoms with Gasteiger partial charge in [0.05, 0.1) is 6.10 Å². The van der Waals surface area contributed by atoms with Gasteiger partial charge in [-0.3, -0.25) is 4.79 Å². The van der Waals surface area contributed by atoms with Gasteiger partial charge >= 0.3 is 0 Å². The molecular formula is C15H18O2. The molecule has 0 spiro atoms. The van der Waals surface area contributed by atoms with Crippen LogP contribution in [0.2, 0.25) is 0 Å². The molecular weight excluding hydrogens is 212 g/mol. The van der Waals surface area contributed by atoms with E-state index in [1.807, 2.05) is 32.0 Å². The molecule has 0 aliphatic rings. The number of ether oxygens (including phenoxy) is 1. The van der Waals surface area contributed by atoms with Crippen molar-refractivity contribution in [2.75, 3.05) is 0 Å². The van der Waals surface area contributed by atoms with Gasteiger partial charge in [-0.25, -0.2) is 0 Å². The molecule has 0 bridgehead atoms. The maximum absolute atomic E-state index is 11.8. The highest BCUT2D eigenvalue weighted by atomic mass is 16.5. The molecule has 0 aromatic heterocycles. The summed E-state index contributed by atoms with van der Waals surface area (Å²) in [6.45, 7) is 5.71. The SMILES string of the molecule is CC#CCCC(=O)c1cccc(OC(C)C)c1. The average Bonchev–Trinajstić information content (AvgIpc) is 2.28. The normalized spacial score (nSPS) is 9.65. The number of ketones is 1. The van der Waals surface area contributed by atoms with E-state index in [9.17, 15) is 4.79 Å². The Bertz CT molecular complexity index is 436. The fourth-order valence-corrected chi connectivity index (χ4v) is 1.46. The van der Waals surface area contributed by atoms with Crippen molar-refractivity contribution in [1.82, 2.24) is 0 Å². The van der Waals surface area contributed by atoms with Crippen molar-refractivity contribution >= 4 is 5.78 Å². The summed E-state index contributed by atoms with van der Waals surface area (Å²) in [5.41, 5.74) is 0.695. The van der Waals surface area contributed by atoms with Gasteiger partial charge in [-0.15, -0.1) is 11.8 Å². The first-order chi connectivity index (χ1) is 8.13. The smallest absolute Gasteiger partial charge is 0.163 e. The van der Waals surface area contributed by atoms with E-state index in [1.165, 1.54) is 0 Å². The Morgan fingerprint density at radius 1 is 1.41 bits per heavy atom. The van der Waals surface area contributed by atoms with Gasteiger partial charge in [-0.05, 0) is 32.9 Å². The van der Waals surface area contributed by atoms with E-state index in [0.29, 0.717) is 18.4 Å². The highest BCUT2D eigenvalue weighted by Gasteiger charge is 2.06. The van der Waals surface area contributed by atoms with Crippen molar-refractivity contribution < 1.29 is 9.53 Å². The lowest BCUT2D eigenvalue weighted by Gasteiger charge is -2.10. The first-order valence-electron chi connectivity index (χ1n) is 5.83. The maximum Gasteiger partial charge on any atom is 0.163 e. The fraction of sp³-hybridized carbons (Fsp3) is 0.400. The average molecular weight is 230 g/mol. The predicted octanol–water partition coefficient (Wildman–Crippen LogP) is 3.46. The van der Waals surface area contributed by atoms with Crippen LogP contribution in [0.3, 0.4) is 0 Å². The Labute approximate surface area is 103 Å². The monoisotopic (exact) mass is 230 g/mol. The third-order valence-electron chi connectivity index (χ3n) is 2.18. The molecule has 2 heteroatoms. The number of carbonyl (C=O) groups excluding carboxylic acids is 1. The Balaban J connectivity index is 2.69. The molecule has 0 atom stereocenters. The van der Waals surface area contributed by atoms with Crippen LogP contribution in [0.5, 0.6) is 5.75 Å². The van der Waals surface area contributed by atoms with Crippen LogP contribution in [-0.4, -0.2) is 11.9 Å². The van der Waals surface area contributed by atoms with E-state index in [0.717, 1.165) is 5.75 Å². The molecule has 0 heterocycles. The molecule has 1 rings (SSSR count). The van der Waals surface area contributed by atoms with Gasteiger partial charge in [0.2, 0.25) is 0 Å². The standard InChI is InChI=1S/C15H18O2/c1-4-5-6-10-15(16)13-8-7-9-14(11-13)17-12(2)3/h7-9,11-12H,6,10H2,1-3H3. The molecule has 0 radical (unpaired) electrons. The highest BCUT2D eigenvalue weighted by Crippen LogP contribution is 2.16. The molecule has 0 saturated carbocycles. The van der Waals surface area contributed by atoms with Crippen LogP contribution in [-0.2, 0) is 0 Å². The summed E-state index contributed by atoms with van der Waals surface area (Å²) in [7, 11) is 0. The van der Waals surface area contributed by atoms with E-state index in [-0.39, 0.29) is 11.9 Å². The van der Waals surface area contributed by atoms with Crippen LogP contribution in [0.25, 0.3) is 0 Å². The zero-order valence-electron chi connectivity index (χ0n) is 10.6. The van der Waals surface area contributed by atoms with Crippen LogP contribution < -0.4 is 4.74 Å². The number of Topliss-reactive ketones (excluding diaryl/α,β-unsaturated/α-hetero) is 1. The second kappa shape index (κ2) is 6.75. The van der Waals surface area contributed by atoms with Crippen LogP contribution in [0.1, 0.15) is 44.0 Å². The molecule has 2 nitrogen and oxygen atoms in total. The number of hydrogen-bond acceptors (Lipinski definition) is 2. The minimum absolute atomic E-state index is 0.113. The van der Waals surface area contributed by atoms with Crippen molar-refractivity contribution in [1.29, 1.82) is 0 Å². The first kappa shape index (κ1) is 13.3. The van der Waals surface area contributed by atoms with Gasteiger partial charge < -0.3 is 4.74 Å². The van der Waals surface area contributed by atoms with Gasteiger partial charge in [0.1, 0.15) is 5.75 Å². The van der Waals surface area contributed by atoms with Gasteiger partial charge in [0.15, 0.2) is 5.78 Å². The van der Waals surface area contributed by atoms with Gasteiger partial charge in [-0.1, -0.05) is 12.1 Å². The lowest BCUT2D eigenvalue weighted by molar-refractivity contribution is 0.0983. The van der Waals surface area contributed by atoms with Crippen molar-refractivity contribution in [2.45, 2.75) is 39.7 Å². The quantitative estimate of drug-likeness (QED) is 0.572. The van der Waals surface area contributed by atoms with E-state index in [2.05, 4.69) is 11.8 Å². The molecule has 1 aromatic carbocycles. The van der Waals surface area contributed by atoms with Crippen LogP contribution in [0.4, 0.5) is 0 Å². The Morgan fingerprint density at radius 3 is 2.82 bits per heavy atom. The third-order valence-corrected chi connectivity index (χ3v) is 2.18. The Kier molecular flexibility index (Phi) is 5.29. The minimum Gasteiger partial charge on any atom is -0.491 e. The summed E-state index contributed by atoms with van der Waals surface area (Å²) in [5.74, 6) is 6.53. The number of benzene rings is 1. The number of hydrogen-bond donors (Lipinski definition) is 0. The topological polar surface area (TPSA) is 26.3 Å². The summed E-state index contributed by atoms with van der Waals surface area (Å²) in [5, 5.41) is 0. The zero-order valence-corrected chi connectivity index (χ0v) is 10.6. The second-order valence-corrected chi connectivity index (χ2v) is 4.04. The molecule has 0 amide bonds. The van der Waals surface area contributed by atoms with E-state index >= 15 is 0 Å². The summed E-state index contributed by atoms with van der Waals surface area (Å²) in [6, 6.07) is 7.32. The molecule has 0 aliphatic carbocycles. The summed E-state index contributed by atoms with van der Waals surface area (Å²) >= 11 is 0. The van der Waals surface area contributed by atoms with Crippen molar-refractivity contribution in [3.8, 4) is 17.6 Å². The Morgan fingerprint density at radius 2 is 2.18 bits per heavy atom. The lowest BCUT2D eigenvalue weighted by atomic mass is 10.1. The third kappa shape index (κ3) is 4.74. The first-order valence-corrected chi connectivity index (χ1v) is 5.83. The molecule has 17 heavy (non-hydrogen) atoms. The summed E-state index contributed by atoms with van der Waals surface area (Å²) in [6.07, 6.45) is 1.20. The fourth-order valence-electron chi connectivity index (χ4n) is 1.46. The predicted molar refractivity (Wildman–Crippen MR) is 69.2 cm³/mol. The molecule has 90 valence electrons. The molecule has 0 unspecified atom stereocenters. The van der Waals surface area contributed by atoms with Crippen LogP contribution >= 0.6 is 0 Å². The van der Waals surface area contributed by atoms with Crippen molar-refractivity contribution in [3.05, 3.63) is 29.8 Å².